The summed E-state index contributed by atoms with van der Waals surface area (Å²) in [5.74, 6) is 1.69. The van der Waals surface area contributed by atoms with Crippen LogP contribution in [0.2, 0.25) is 5.02 Å². The van der Waals surface area contributed by atoms with Crippen LogP contribution < -0.4 is 4.74 Å². The SMILES string of the molecule is CN(Cc1cccc(Oc2ccc(Cl)cc2)c1)C1CCCCC1. The lowest BCUT2D eigenvalue weighted by Crippen LogP contribution is -2.32. The summed E-state index contributed by atoms with van der Waals surface area (Å²) in [6.07, 6.45) is 6.80. The van der Waals surface area contributed by atoms with Crippen LogP contribution in [-0.2, 0) is 6.54 Å². The second kappa shape index (κ2) is 7.85. The molecular formula is C20H24ClNO. The van der Waals surface area contributed by atoms with Crippen LogP contribution in [-0.4, -0.2) is 18.0 Å². The highest BCUT2D eigenvalue weighted by Crippen LogP contribution is 2.26. The first-order valence-electron chi connectivity index (χ1n) is 8.43. The van der Waals surface area contributed by atoms with Gasteiger partial charge < -0.3 is 4.74 Å². The van der Waals surface area contributed by atoms with Gasteiger partial charge in [0.05, 0.1) is 0 Å². The molecule has 2 nitrogen and oxygen atoms in total. The highest BCUT2D eigenvalue weighted by Gasteiger charge is 2.18. The second-order valence-corrected chi connectivity index (χ2v) is 6.85. The van der Waals surface area contributed by atoms with Crippen molar-refractivity contribution in [2.75, 3.05) is 7.05 Å². The average Bonchev–Trinajstić information content (AvgIpc) is 2.58. The predicted octanol–water partition coefficient (Wildman–Crippen LogP) is 5.90. The van der Waals surface area contributed by atoms with Gasteiger partial charge >= 0.3 is 0 Å². The molecule has 2 aromatic rings. The van der Waals surface area contributed by atoms with Crippen LogP contribution >= 0.6 is 11.6 Å². The normalized spacial score (nSPS) is 15.8. The Morgan fingerprint density at radius 2 is 1.74 bits per heavy atom. The zero-order valence-corrected chi connectivity index (χ0v) is 14.4. The molecule has 0 amide bonds. The van der Waals surface area contributed by atoms with Gasteiger partial charge in [0.15, 0.2) is 0 Å². The topological polar surface area (TPSA) is 12.5 Å². The third kappa shape index (κ3) is 4.73. The van der Waals surface area contributed by atoms with Crippen molar-refractivity contribution in [2.45, 2.75) is 44.7 Å². The van der Waals surface area contributed by atoms with Gasteiger partial charge in [-0.1, -0.05) is 43.0 Å². The van der Waals surface area contributed by atoms with E-state index in [1.165, 1.54) is 37.7 Å². The Labute approximate surface area is 144 Å². The molecule has 0 spiro atoms. The van der Waals surface area contributed by atoms with Crippen molar-refractivity contribution in [1.82, 2.24) is 4.90 Å². The first-order chi connectivity index (χ1) is 11.2. The van der Waals surface area contributed by atoms with Crippen LogP contribution in [0.1, 0.15) is 37.7 Å². The summed E-state index contributed by atoms with van der Waals surface area (Å²) >= 11 is 5.91. The van der Waals surface area contributed by atoms with Crippen molar-refractivity contribution in [2.24, 2.45) is 0 Å². The van der Waals surface area contributed by atoms with Crippen LogP contribution in [0.5, 0.6) is 11.5 Å². The number of halogens is 1. The highest BCUT2D eigenvalue weighted by atomic mass is 35.5. The van der Waals surface area contributed by atoms with E-state index >= 15 is 0 Å². The highest BCUT2D eigenvalue weighted by molar-refractivity contribution is 6.30. The van der Waals surface area contributed by atoms with Crippen LogP contribution in [0, 0.1) is 0 Å². The summed E-state index contributed by atoms with van der Waals surface area (Å²) in [7, 11) is 2.24. The third-order valence-electron chi connectivity index (χ3n) is 4.58. The minimum absolute atomic E-state index is 0.722. The van der Waals surface area contributed by atoms with E-state index in [9.17, 15) is 0 Å². The predicted molar refractivity (Wildman–Crippen MR) is 96.3 cm³/mol. The molecule has 1 aliphatic carbocycles. The molecule has 0 aromatic heterocycles. The fourth-order valence-electron chi connectivity index (χ4n) is 3.28. The summed E-state index contributed by atoms with van der Waals surface area (Å²) in [6, 6.07) is 16.6. The molecule has 0 radical (unpaired) electrons. The molecule has 1 aliphatic rings. The Balaban J connectivity index is 1.63. The molecule has 0 saturated heterocycles. The standard InChI is InChI=1S/C20H24ClNO/c1-22(18-7-3-2-4-8-18)15-16-6-5-9-20(14-16)23-19-12-10-17(21)11-13-19/h5-6,9-14,18H,2-4,7-8,15H2,1H3. The van der Waals surface area contributed by atoms with E-state index in [1.54, 1.807) is 0 Å². The minimum Gasteiger partial charge on any atom is -0.457 e. The number of hydrogen-bond donors (Lipinski definition) is 0. The summed E-state index contributed by atoms with van der Waals surface area (Å²) in [6.45, 7) is 0.975. The fraction of sp³-hybridized carbons (Fsp3) is 0.400. The maximum Gasteiger partial charge on any atom is 0.127 e. The second-order valence-electron chi connectivity index (χ2n) is 6.41. The van der Waals surface area contributed by atoms with E-state index in [2.05, 4.69) is 30.1 Å². The first-order valence-corrected chi connectivity index (χ1v) is 8.81. The Bertz CT molecular complexity index is 620. The molecule has 122 valence electrons. The maximum atomic E-state index is 5.92. The van der Waals surface area contributed by atoms with Gasteiger partial charge in [0.1, 0.15) is 11.5 Å². The van der Waals surface area contributed by atoms with Crippen molar-refractivity contribution in [3.63, 3.8) is 0 Å². The van der Waals surface area contributed by atoms with Gasteiger partial charge in [0.2, 0.25) is 0 Å². The van der Waals surface area contributed by atoms with Gasteiger partial charge in [-0.3, -0.25) is 4.90 Å². The third-order valence-corrected chi connectivity index (χ3v) is 4.83. The van der Waals surface area contributed by atoms with Gasteiger partial charge in [-0.05, 0) is 61.9 Å². The Morgan fingerprint density at radius 3 is 2.48 bits per heavy atom. The molecule has 0 heterocycles. The summed E-state index contributed by atoms with van der Waals surface area (Å²) < 4.78 is 5.92. The summed E-state index contributed by atoms with van der Waals surface area (Å²) in [5, 5.41) is 0.722. The molecule has 1 fully saturated rings. The molecule has 0 unspecified atom stereocenters. The summed E-state index contributed by atoms with van der Waals surface area (Å²) in [4.78, 5) is 2.49. The van der Waals surface area contributed by atoms with Crippen LogP contribution in [0.3, 0.4) is 0 Å². The van der Waals surface area contributed by atoms with Crippen molar-refractivity contribution < 1.29 is 4.74 Å². The van der Waals surface area contributed by atoms with Gasteiger partial charge in [0.25, 0.3) is 0 Å². The van der Waals surface area contributed by atoms with Crippen LogP contribution in [0.25, 0.3) is 0 Å². The lowest BCUT2D eigenvalue weighted by molar-refractivity contribution is 0.184. The molecule has 0 bridgehead atoms. The van der Waals surface area contributed by atoms with Crippen LogP contribution in [0.15, 0.2) is 48.5 Å². The van der Waals surface area contributed by atoms with Crippen LogP contribution in [0.4, 0.5) is 0 Å². The fourth-order valence-corrected chi connectivity index (χ4v) is 3.41. The lowest BCUT2D eigenvalue weighted by atomic mass is 9.94. The van der Waals surface area contributed by atoms with Crippen molar-refractivity contribution in [1.29, 1.82) is 0 Å². The smallest absolute Gasteiger partial charge is 0.127 e. The zero-order chi connectivity index (χ0) is 16.1. The van der Waals surface area contributed by atoms with E-state index in [0.29, 0.717) is 0 Å². The molecule has 3 rings (SSSR count). The average molecular weight is 330 g/mol. The Morgan fingerprint density at radius 1 is 1.00 bits per heavy atom. The van der Waals surface area contributed by atoms with Crippen molar-refractivity contribution >= 4 is 11.6 Å². The number of ether oxygens (including phenoxy) is 1. The lowest BCUT2D eigenvalue weighted by Gasteiger charge is -2.31. The van der Waals surface area contributed by atoms with Gasteiger partial charge in [-0.25, -0.2) is 0 Å². The van der Waals surface area contributed by atoms with E-state index in [4.69, 9.17) is 16.3 Å². The molecule has 3 heteroatoms. The maximum absolute atomic E-state index is 5.92. The molecule has 1 saturated carbocycles. The number of nitrogens with zero attached hydrogens (tertiary/aromatic N) is 1. The molecule has 0 aliphatic heterocycles. The largest absolute Gasteiger partial charge is 0.457 e. The molecular weight excluding hydrogens is 306 g/mol. The molecule has 0 N–H and O–H groups in total. The van der Waals surface area contributed by atoms with Gasteiger partial charge in [-0.15, -0.1) is 0 Å². The summed E-state index contributed by atoms with van der Waals surface area (Å²) in [5.41, 5.74) is 1.30. The molecule has 0 atom stereocenters. The molecule has 23 heavy (non-hydrogen) atoms. The van der Waals surface area contributed by atoms with Crippen molar-refractivity contribution in [3.05, 3.63) is 59.1 Å². The minimum atomic E-state index is 0.722. The Kier molecular flexibility index (Phi) is 5.58. The Hall–Kier alpha value is -1.51. The molecule has 2 aromatic carbocycles. The number of rotatable bonds is 5. The first kappa shape index (κ1) is 16.4. The monoisotopic (exact) mass is 329 g/mol. The number of benzene rings is 2. The van der Waals surface area contributed by atoms with E-state index < -0.39 is 0 Å². The zero-order valence-electron chi connectivity index (χ0n) is 13.7. The van der Waals surface area contributed by atoms with Crippen molar-refractivity contribution in [3.8, 4) is 11.5 Å². The van der Waals surface area contributed by atoms with E-state index in [1.807, 2.05) is 30.3 Å². The van der Waals surface area contributed by atoms with E-state index in [-0.39, 0.29) is 0 Å². The van der Waals surface area contributed by atoms with Gasteiger partial charge in [0, 0.05) is 17.6 Å². The van der Waals surface area contributed by atoms with Gasteiger partial charge in [-0.2, -0.15) is 0 Å². The quantitative estimate of drug-likeness (QED) is 0.677. The number of hydrogen-bond acceptors (Lipinski definition) is 2. The van der Waals surface area contributed by atoms with E-state index in [0.717, 1.165) is 29.1 Å².